The van der Waals surface area contributed by atoms with Crippen molar-refractivity contribution in [1.82, 2.24) is 4.98 Å². The molecule has 1 aromatic rings. The van der Waals surface area contributed by atoms with Crippen LogP contribution in [0.2, 0.25) is 0 Å². The fourth-order valence-electron chi connectivity index (χ4n) is 1.23. The number of alkyl halides is 1. The molecular weight excluding hydrogens is 218 g/mol. The van der Waals surface area contributed by atoms with Crippen molar-refractivity contribution >= 4 is 17.9 Å². The molecule has 2 atom stereocenters. The van der Waals surface area contributed by atoms with Gasteiger partial charge in [0.25, 0.3) is 0 Å². The Morgan fingerprint density at radius 3 is 2.87 bits per heavy atom. The number of pyridine rings is 1. The summed E-state index contributed by atoms with van der Waals surface area (Å²) in [6.07, 6.45) is 0.122. The topological polar surface area (TPSA) is 70.4 Å². The van der Waals surface area contributed by atoms with E-state index in [4.69, 9.17) is 11.6 Å². The SMILES string of the molecule is O=Cc1cccnc1C(O)C(O)CCCl. The molecule has 1 aromatic heterocycles. The lowest BCUT2D eigenvalue weighted by Gasteiger charge is -2.17. The molecule has 0 fully saturated rings. The molecule has 0 radical (unpaired) electrons. The first-order valence-corrected chi connectivity index (χ1v) is 5.06. The van der Waals surface area contributed by atoms with E-state index >= 15 is 0 Å². The predicted molar refractivity (Wildman–Crippen MR) is 55.9 cm³/mol. The van der Waals surface area contributed by atoms with E-state index in [1.807, 2.05) is 0 Å². The number of halogens is 1. The minimum absolute atomic E-state index is 0.185. The van der Waals surface area contributed by atoms with Crippen LogP contribution in [-0.4, -0.2) is 33.5 Å². The summed E-state index contributed by atoms with van der Waals surface area (Å²) < 4.78 is 0. The van der Waals surface area contributed by atoms with E-state index < -0.39 is 12.2 Å². The fourth-order valence-corrected chi connectivity index (χ4v) is 1.45. The summed E-state index contributed by atoms with van der Waals surface area (Å²) in [4.78, 5) is 14.5. The van der Waals surface area contributed by atoms with E-state index in [0.29, 0.717) is 6.29 Å². The quantitative estimate of drug-likeness (QED) is 0.582. The van der Waals surface area contributed by atoms with Crippen LogP contribution in [0.3, 0.4) is 0 Å². The standard InChI is InChI=1S/C10H12ClNO3/c11-4-3-8(14)10(15)9-7(6-13)2-1-5-12-9/h1-2,5-6,8,10,14-15H,3-4H2. The maximum absolute atomic E-state index is 10.7. The van der Waals surface area contributed by atoms with Gasteiger partial charge in [0.05, 0.1) is 11.8 Å². The maximum Gasteiger partial charge on any atom is 0.151 e. The van der Waals surface area contributed by atoms with Crippen molar-refractivity contribution in [2.45, 2.75) is 18.6 Å². The van der Waals surface area contributed by atoms with Crippen molar-refractivity contribution in [3.05, 3.63) is 29.6 Å². The van der Waals surface area contributed by atoms with Gasteiger partial charge in [-0.1, -0.05) is 0 Å². The second-order valence-electron chi connectivity index (χ2n) is 3.09. The molecule has 0 bridgehead atoms. The van der Waals surface area contributed by atoms with Gasteiger partial charge in [-0.3, -0.25) is 9.78 Å². The molecule has 0 amide bonds. The molecule has 0 aromatic carbocycles. The molecule has 1 heterocycles. The van der Waals surface area contributed by atoms with Crippen molar-refractivity contribution in [2.75, 3.05) is 5.88 Å². The Morgan fingerprint density at radius 1 is 1.53 bits per heavy atom. The van der Waals surface area contributed by atoms with Gasteiger partial charge in [-0.15, -0.1) is 11.6 Å². The molecule has 4 nitrogen and oxygen atoms in total. The zero-order valence-corrected chi connectivity index (χ0v) is 8.76. The van der Waals surface area contributed by atoms with E-state index in [-0.39, 0.29) is 23.6 Å². The molecular formula is C10H12ClNO3. The predicted octanol–water partition coefficient (Wildman–Crippen LogP) is 0.917. The number of aldehydes is 1. The molecule has 82 valence electrons. The average Bonchev–Trinajstić information content (AvgIpc) is 2.28. The Balaban J connectivity index is 2.89. The van der Waals surface area contributed by atoms with Crippen LogP contribution >= 0.6 is 11.6 Å². The zero-order valence-electron chi connectivity index (χ0n) is 8.01. The lowest BCUT2D eigenvalue weighted by atomic mass is 10.0. The molecule has 0 saturated heterocycles. The monoisotopic (exact) mass is 229 g/mol. The average molecular weight is 230 g/mol. The largest absolute Gasteiger partial charge is 0.390 e. The Hall–Kier alpha value is -0.970. The first-order chi connectivity index (χ1) is 7.20. The van der Waals surface area contributed by atoms with Gasteiger partial charge >= 0.3 is 0 Å². The van der Waals surface area contributed by atoms with Crippen LogP contribution in [0.5, 0.6) is 0 Å². The highest BCUT2D eigenvalue weighted by atomic mass is 35.5. The van der Waals surface area contributed by atoms with Crippen LogP contribution < -0.4 is 0 Å². The summed E-state index contributed by atoms with van der Waals surface area (Å²) in [6, 6.07) is 3.12. The number of rotatable bonds is 5. The molecule has 0 aliphatic rings. The van der Waals surface area contributed by atoms with Crippen LogP contribution in [0.15, 0.2) is 18.3 Å². The van der Waals surface area contributed by atoms with Gasteiger partial charge in [0.2, 0.25) is 0 Å². The lowest BCUT2D eigenvalue weighted by molar-refractivity contribution is 0.0141. The van der Waals surface area contributed by atoms with Crippen molar-refractivity contribution < 1.29 is 15.0 Å². The van der Waals surface area contributed by atoms with Gasteiger partial charge in [0.15, 0.2) is 6.29 Å². The summed E-state index contributed by atoms with van der Waals surface area (Å²) in [7, 11) is 0. The van der Waals surface area contributed by atoms with Crippen LogP contribution in [0, 0.1) is 0 Å². The molecule has 15 heavy (non-hydrogen) atoms. The minimum Gasteiger partial charge on any atom is -0.390 e. The normalized spacial score (nSPS) is 14.6. The number of hydrogen-bond acceptors (Lipinski definition) is 4. The molecule has 2 N–H and O–H groups in total. The van der Waals surface area contributed by atoms with Crippen molar-refractivity contribution in [1.29, 1.82) is 0 Å². The summed E-state index contributed by atoms with van der Waals surface area (Å²) in [5.41, 5.74) is 0.462. The fraction of sp³-hybridized carbons (Fsp3) is 0.400. The summed E-state index contributed by atoms with van der Waals surface area (Å²) in [5, 5.41) is 19.2. The summed E-state index contributed by atoms with van der Waals surface area (Å²) in [5.74, 6) is 0.238. The zero-order chi connectivity index (χ0) is 11.3. The minimum atomic E-state index is -1.18. The van der Waals surface area contributed by atoms with Crippen LogP contribution in [0.25, 0.3) is 0 Å². The Bertz CT molecular complexity index is 332. The van der Waals surface area contributed by atoms with Gasteiger partial charge in [0.1, 0.15) is 6.10 Å². The van der Waals surface area contributed by atoms with E-state index in [1.165, 1.54) is 12.3 Å². The third-order valence-corrected chi connectivity index (χ3v) is 2.27. The van der Waals surface area contributed by atoms with Crippen molar-refractivity contribution in [3.8, 4) is 0 Å². The lowest BCUT2D eigenvalue weighted by Crippen LogP contribution is -2.21. The van der Waals surface area contributed by atoms with E-state index in [0.717, 1.165) is 0 Å². The van der Waals surface area contributed by atoms with Crippen molar-refractivity contribution in [2.24, 2.45) is 0 Å². The maximum atomic E-state index is 10.7. The number of carbonyl (C=O) groups is 1. The number of nitrogens with zero attached hydrogens (tertiary/aromatic N) is 1. The molecule has 5 heteroatoms. The van der Waals surface area contributed by atoms with Crippen LogP contribution in [0.1, 0.15) is 28.6 Å². The summed E-state index contributed by atoms with van der Waals surface area (Å²) >= 11 is 5.44. The number of carbonyl (C=O) groups excluding carboxylic acids is 1. The third kappa shape index (κ3) is 2.99. The Kier molecular flexibility index (Phi) is 4.68. The second-order valence-corrected chi connectivity index (χ2v) is 3.46. The molecule has 0 saturated carbocycles. The highest BCUT2D eigenvalue weighted by Crippen LogP contribution is 2.19. The highest BCUT2D eigenvalue weighted by molar-refractivity contribution is 6.17. The number of hydrogen-bond donors (Lipinski definition) is 2. The number of aliphatic hydroxyl groups excluding tert-OH is 2. The van der Waals surface area contributed by atoms with Crippen molar-refractivity contribution in [3.63, 3.8) is 0 Å². The number of aromatic nitrogens is 1. The highest BCUT2D eigenvalue weighted by Gasteiger charge is 2.21. The van der Waals surface area contributed by atoms with E-state index in [9.17, 15) is 15.0 Å². The van der Waals surface area contributed by atoms with Gasteiger partial charge < -0.3 is 10.2 Å². The Labute approximate surface area is 92.5 Å². The van der Waals surface area contributed by atoms with Crippen LogP contribution in [-0.2, 0) is 0 Å². The third-order valence-electron chi connectivity index (χ3n) is 2.05. The molecule has 2 unspecified atom stereocenters. The first kappa shape index (κ1) is 12.1. The van der Waals surface area contributed by atoms with Gasteiger partial charge in [0, 0.05) is 17.6 Å². The van der Waals surface area contributed by atoms with Gasteiger partial charge in [-0.25, -0.2) is 0 Å². The molecule has 0 aliphatic heterocycles. The first-order valence-electron chi connectivity index (χ1n) is 4.53. The van der Waals surface area contributed by atoms with Crippen LogP contribution in [0.4, 0.5) is 0 Å². The summed E-state index contributed by atoms with van der Waals surface area (Å²) in [6.45, 7) is 0. The smallest absolute Gasteiger partial charge is 0.151 e. The molecule has 0 aliphatic carbocycles. The molecule has 1 rings (SSSR count). The number of aliphatic hydroxyl groups is 2. The van der Waals surface area contributed by atoms with E-state index in [2.05, 4.69) is 4.98 Å². The second kappa shape index (κ2) is 5.80. The van der Waals surface area contributed by atoms with Gasteiger partial charge in [-0.05, 0) is 18.6 Å². The van der Waals surface area contributed by atoms with E-state index in [1.54, 1.807) is 6.07 Å². The van der Waals surface area contributed by atoms with Gasteiger partial charge in [-0.2, -0.15) is 0 Å². The Morgan fingerprint density at radius 2 is 2.27 bits per heavy atom. The molecule has 0 spiro atoms.